The summed E-state index contributed by atoms with van der Waals surface area (Å²) in [7, 11) is 0. The highest BCUT2D eigenvalue weighted by Crippen LogP contribution is 2.42. The van der Waals surface area contributed by atoms with E-state index in [0.29, 0.717) is 6.04 Å². The molecule has 1 aromatic carbocycles. The van der Waals surface area contributed by atoms with Crippen LogP contribution in [0, 0.1) is 0 Å². The molecule has 0 radical (unpaired) electrons. The van der Waals surface area contributed by atoms with Gasteiger partial charge < -0.3 is 19.5 Å². The molecule has 2 fully saturated rings. The summed E-state index contributed by atoms with van der Waals surface area (Å²) < 4.78 is 8.24. The zero-order chi connectivity index (χ0) is 22.1. The number of benzene rings is 1. The smallest absolute Gasteiger partial charge is 0.174 e. The maximum Gasteiger partial charge on any atom is 0.174 e. The number of thiocarbonyl (C=S) groups is 1. The standard InChI is InChI=1S/C26H30N4OS/c1-18(2)31-22-12-10-21(11-13-22)30-25(19-14-16-29(17-19)20-7-3-4-8-20)24(28-26(30)32)23-9-5-6-15-27-23/h5-6,9-18,20,24-25H,3-4,7-8H2,1-2H3,(H,28,32)/t24-,25-/m0/s1. The van der Waals surface area contributed by atoms with Gasteiger partial charge in [-0.3, -0.25) is 4.98 Å². The van der Waals surface area contributed by atoms with Crippen molar-refractivity contribution in [2.24, 2.45) is 0 Å². The number of aromatic nitrogens is 2. The van der Waals surface area contributed by atoms with Gasteiger partial charge >= 0.3 is 0 Å². The first kappa shape index (κ1) is 21.0. The molecule has 5 rings (SSSR count). The molecular weight excluding hydrogens is 416 g/mol. The molecule has 166 valence electrons. The van der Waals surface area contributed by atoms with Gasteiger partial charge in [0, 0.05) is 30.3 Å². The molecule has 3 heterocycles. The molecule has 2 atom stereocenters. The number of hydrogen-bond acceptors (Lipinski definition) is 3. The second-order valence-corrected chi connectivity index (χ2v) is 9.37. The van der Waals surface area contributed by atoms with Gasteiger partial charge in [-0.15, -0.1) is 0 Å². The molecule has 2 aromatic heterocycles. The van der Waals surface area contributed by atoms with Gasteiger partial charge in [0.05, 0.1) is 23.9 Å². The average molecular weight is 447 g/mol. The van der Waals surface area contributed by atoms with Crippen molar-refractivity contribution >= 4 is 23.0 Å². The van der Waals surface area contributed by atoms with Gasteiger partial charge in [-0.1, -0.05) is 18.9 Å². The van der Waals surface area contributed by atoms with Crippen molar-refractivity contribution in [1.29, 1.82) is 0 Å². The van der Waals surface area contributed by atoms with Crippen molar-refractivity contribution in [2.45, 2.75) is 63.8 Å². The van der Waals surface area contributed by atoms with Crippen LogP contribution >= 0.6 is 12.2 Å². The number of ether oxygens (including phenoxy) is 1. The molecule has 1 saturated carbocycles. The lowest BCUT2D eigenvalue weighted by atomic mass is 9.98. The molecule has 0 amide bonds. The Balaban J connectivity index is 1.51. The van der Waals surface area contributed by atoms with Gasteiger partial charge in [-0.05, 0) is 86.9 Å². The van der Waals surface area contributed by atoms with Crippen LogP contribution in [-0.4, -0.2) is 20.8 Å². The third-order valence-electron chi connectivity index (χ3n) is 6.41. The Morgan fingerprint density at radius 1 is 1.06 bits per heavy atom. The van der Waals surface area contributed by atoms with Crippen molar-refractivity contribution in [1.82, 2.24) is 14.9 Å². The Hall–Kier alpha value is -2.86. The fourth-order valence-corrected chi connectivity index (χ4v) is 5.31. The number of nitrogens with zero attached hydrogens (tertiary/aromatic N) is 3. The minimum Gasteiger partial charge on any atom is -0.491 e. The Kier molecular flexibility index (Phi) is 5.87. The number of anilines is 1. The number of nitrogens with one attached hydrogen (secondary N) is 1. The highest BCUT2D eigenvalue weighted by Gasteiger charge is 2.41. The number of pyridine rings is 1. The maximum atomic E-state index is 5.84. The Labute approximate surface area is 195 Å². The van der Waals surface area contributed by atoms with Gasteiger partial charge in [-0.25, -0.2) is 0 Å². The molecule has 0 spiro atoms. The van der Waals surface area contributed by atoms with Crippen molar-refractivity contribution in [3.8, 4) is 5.75 Å². The van der Waals surface area contributed by atoms with Crippen LogP contribution in [0.15, 0.2) is 67.1 Å². The normalized spacial score (nSPS) is 21.3. The highest BCUT2D eigenvalue weighted by molar-refractivity contribution is 7.80. The summed E-state index contributed by atoms with van der Waals surface area (Å²) in [5.74, 6) is 0.868. The maximum absolute atomic E-state index is 5.84. The lowest BCUT2D eigenvalue weighted by Crippen LogP contribution is -2.29. The number of hydrogen-bond donors (Lipinski definition) is 1. The molecule has 1 aliphatic carbocycles. The zero-order valence-corrected chi connectivity index (χ0v) is 19.5. The first-order chi connectivity index (χ1) is 15.6. The predicted molar refractivity (Wildman–Crippen MR) is 132 cm³/mol. The molecular formula is C26H30N4OS. The summed E-state index contributed by atoms with van der Waals surface area (Å²) in [5, 5.41) is 4.27. The average Bonchev–Trinajstić information content (AvgIpc) is 3.54. The molecule has 32 heavy (non-hydrogen) atoms. The zero-order valence-electron chi connectivity index (χ0n) is 18.6. The molecule has 0 unspecified atom stereocenters. The Morgan fingerprint density at radius 2 is 1.84 bits per heavy atom. The summed E-state index contributed by atoms with van der Waals surface area (Å²) in [4.78, 5) is 6.88. The quantitative estimate of drug-likeness (QED) is 0.473. The van der Waals surface area contributed by atoms with Crippen molar-refractivity contribution in [3.63, 3.8) is 0 Å². The third-order valence-corrected chi connectivity index (χ3v) is 6.72. The Bertz CT molecular complexity index is 1060. The lowest BCUT2D eigenvalue weighted by Gasteiger charge is -2.27. The van der Waals surface area contributed by atoms with E-state index in [0.717, 1.165) is 22.2 Å². The SMILES string of the molecule is CC(C)Oc1ccc(N2C(=S)N[C@@H](c3ccccn3)[C@@H]2c2ccn(C3CCCC3)c2)cc1. The van der Waals surface area contributed by atoms with E-state index in [1.54, 1.807) is 0 Å². The molecule has 6 heteroatoms. The minimum atomic E-state index is -0.0188. The minimum absolute atomic E-state index is 0.0188. The molecule has 0 bridgehead atoms. The summed E-state index contributed by atoms with van der Waals surface area (Å²) >= 11 is 5.84. The second-order valence-electron chi connectivity index (χ2n) is 8.99. The highest BCUT2D eigenvalue weighted by atomic mass is 32.1. The van der Waals surface area contributed by atoms with E-state index in [4.69, 9.17) is 17.0 Å². The molecule has 1 aliphatic heterocycles. The monoisotopic (exact) mass is 446 g/mol. The lowest BCUT2D eigenvalue weighted by molar-refractivity contribution is 0.242. The summed E-state index contributed by atoms with van der Waals surface area (Å²) in [6.45, 7) is 4.08. The van der Waals surface area contributed by atoms with Crippen LogP contribution in [0.2, 0.25) is 0 Å². The first-order valence-corrected chi connectivity index (χ1v) is 12.0. The number of rotatable bonds is 6. The van der Waals surface area contributed by atoms with Crippen LogP contribution in [0.25, 0.3) is 0 Å². The van der Waals surface area contributed by atoms with E-state index < -0.39 is 0 Å². The molecule has 1 N–H and O–H groups in total. The summed E-state index contributed by atoms with van der Waals surface area (Å²) in [6, 6.07) is 17.1. The molecule has 1 saturated heterocycles. The van der Waals surface area contributed by atoms with Crippen LogP contribution in [0.1, 0.15) is 68.9 Å². The third kappa shape index (κ3) is 4.11. The fraction of sp³-hybridized carbons (Fsp3) is 0.385. The molecule has 2 aliphatic rings. The topological polar surface area (TPSA) is 42.3 Å². The van der Waals surface area contributed by atoms with E-state index in [-0.39, 0.29) is 18.2 Å². The molecule has 3 aromatic rings. The van der Waals surface area contributed by atoms with Gasteiger partial charge in [0.25, 0.3) is 0 Å². The first-order valence-electron chi connectivity index (χ1n) is 11.5. The predicted octanol–water partition coefficient (Wildman–Crippen LogP) is 5.96. The van der Waals surface area contributed by atoms with Crippen molar-refractivity contribution in [3.05, 3.63) is 78.4 Å². The van der Waals surface area contributed by atoms with Crippen LogP contribution in [0.5, 0.6) is 5.75 Å². The van der Waals surface area contributed by atoms with Crippen LogP contribution in [0.3, 0.4) is 0 Å². The van der Waals surface area contributed by atoms with E-state index >= 15 is 0 Å². The summed E-state index contributed by atoms with van der Waals surface area (Å²) in [5.41, 5.74) is 3.30. The van der Waals surface area contributed by atoms with Crippen molar-refractivity contribution < 1.29 is 4.74 Å². The van der Waals surface area contributed by atoms with E-state index in [1.165, 1.54) is 31.2 Å². The fourth-order valence-electron chi connectivity index (χ4n) is 4.96. The second kappa shape index (κ2) is 8.94. The molecule has 5 nitrogen and oxygen atoms in total. The van der Waals surface area contributed by atoms with Crippen LogP contribution in [0.4, 0.5) is 5.69 Å². The summed E-state index contributed by atoms with van der Waals surface area (Å²) in [6.07, 6.45) is 11.7. The van der Waals surface area contributed by atoms with E-state index in [2.05, 4.69) is 56.4 Å². The van der Waals surface area contributed by atoms with Gasteiger partial charge in [0.15, 0.2) is 5.11 Å². The van der Waals surface area contributed by atoms with E-state index in [9.17, 15) is 0 Å². The largest absolute Gasteiger partial charge is 0.491 e. The van der Waals surface area contributed by atoms with Gasteiger partial charge in [0.1, 0.15) is 5.75 Å². The van der Waals surface area contributed by atoms with Gasteiger partial charge in [-0.2, -0.15) is 0 Å². The van der Waals surface area contributed by atoms with Crippen LogP contribution < -0.4 is 15.0 Å². The van der Waals surface area contributed by atoms with Gasteiger partial charge in [0.2, 0.25) is 0 Å². The van der Waals surface area contributed by atoms with Crippen molar-refractivity contribution in [2.75, 3.05) is 4.90 Å². The Morgan fingerprint density at radius 3 is 2.53 bits per heavy atom. The van der Waals surface area contributed by atoms with Crippen LogP contribution in [-0.2, 0) is 0 Å². The van der Waals surface area contributed by atoms with E-state index in [1.807, 2.05) is 44.3 Å².